The van der Waals surface area contributed by atoms with Gasteiger partial charge in [-0.05, 0) is 54.3 Å². The standard InChI is InChI=1S/C25H34ClN3O5S/c1-6-23(25(31)27-15-18(2)3)28(16-19-7-13-22(34-4)14-8-19)24(30)17-29(35(5,32)33)21-11-9-20(26)10-12-21/h7-14,18,23H,6,15-17H2,1-5H3,(H,27,31)/t23-/m1/s1. The maximum Gasteiger partial charge on any atom is 0.244 e. The van der Waals surface area contributed by atoms with Crippen molar-refractivity contribution in [1.82, 2.24) is 10.2 Å². The zero-order valence-corrected chi connectivity index (χ0v) is 22.4. The molecule has 8 nitrogen and oxygen atoms in total. The fourth-order valence-electron chi connectivity index (χ4n) is 3.49. The van der Waals surface area contributed by atoms with Gasteiger partial charge in [-0.1, -0.05) is 44.5 Å². The SMILES string of the molecule is CC[C@H](C(=O)NCC(C)C)N(Cc1ccc(OC)cc1)C(=O)CN(c1ccc(Cl)cc1)S(C)(=O)=O. The highest BCUT2D eigenvalue weighted by molar-refractivity contribution is 7.92. The minimum Gasteiger partial charge on any atom is -0.497 e. The van der Waals surface area contributed by atoms with E-state index in [1.165, 1.54) is 17.0 Å². The summed E-state index contributed by atoms with van der Waals surface area (Å²) >= 11 is 5.95. The number of carbonyl (C=O) groups is 2. The van der Waals surface area contributed by atoms with Crippen molar-refractivity contribution in [3.63, 3.8) is 0 Å². The predicted octanol–water partition coefficient (Wildman–Crippen LogP) is 3.69. The zero-order valence-electron chi connectivity index (χ0n) is 20.8. The van der Waals surface area contributed by atoms with Gasteiger partial charge in [-0.15, -0.1) is 0 Å². The number of hydrogen-bond donors (Lipinski definition) is 1. The molecule has 0 aromatic heterocycles. The van der Waals surface area contributed by atoms with Crippen LogP contribution in [0, 0.1) is 5.92 Å². The summed E-state index contributed by atoms with van der Waals surface area (Å²) in [5, 5.41) is 3.34. The molecule has 192 valence electrons. The average molecular weight is 524 g/mol. The second-order valence-corrected chi connectivity index (χ2v) is 11.0. The van der Waals surface area contributed by atoms with E-state index in [1.54, 1.807) is 31.4 Å². The molecule has 0 radical (unpaired) electrons. The van der Waals surface area contributed by atoms with Crippen molar-refractivity contribution < 1.29 is 22.7 Å². The van der Waals surface area contributed by atoms with E-state index in [2.05, 4.69) is 5.32 Å². The highest BCUT2D eigenvalue weighted by Gasteiger charge is 2.31. The highest BCUT2D eigenvalue weighted by Crippen LogP contribution is 2.22. The molecule has 0 spiro atoms. The molecule has 10 heteroatoms. The first-order chi connectivity index (χ1) is 16.5. The number of ether oxygens (including phenoxy) is 1. The molecule has 1 atom stereocenters. The number of nitrogens with one attached hydrogen (secondary N) is 1. The van der Waals surface area contributed by atoms with E-state index in [4.69, 9.17) is 16.3 Å². The molecule has 0 fully saturated rings. The summed E-state index contributed by atoms with van der Waals surface area (Å²) in [5.41, 5.74) is 1.10. The van der Waals surface area contributed by atoms with Crippen LogP contribution in [0.15, 0.2) is 48.5 Å². The quantitative estimate of drug-likeness (QED) is 0.457. The van der Waals surface area contributed by atoms with Crippen molar-refractivity contribution in [2.45, 2.75) is 39.8 Å². The van der Waals surface area contributed by atoms with Gasteiger partial charge < -0.3 is 15.0 Å². The number of halogens is 1. The molecule has 2 rings (SSSR count). The number of methoxy groups -OCH3 is 1. The molecule has 2 aromatic carbocycles. The lowest BCUT2D eigenvalue weighted by atomic mass is 10.1. The summed E-state index contributed by atoms with van der Waals surface area (Å²) in [5.74, 6) is 0.139. The van der Waals surface area contributed by atoms with Crippen LogP contribution in [0.2, 0.25) is 5.02 Å². The number of benzene rings is 2. The molecule has 0 bridgehead atoms. The Morgan fingerprint density at radius 1 is 1.06 bits per heavy atom. The summed E-state index contributed by atoms with van der Waals surface area (Å²) in [6, 6.07) is 12.6. The molecule has 0 aliphatic rings. The van der Waals surface area contributed by atoms with E-state index in [0.717, 1.165) is 16.1 Å². The second-order valence-electron chi connectivity index (χ2n) is 8.68. The third kappa shape index (κ3) is 8.43. The van der Waals surface area contributed by atoms with Gasteiger partial charge in [-0.25, -0.2) is 8.42 Å². The molecule has 35 heavy (non-hydrogen) atoms. The topological polar surface area (TPSA) is 96.0 Å². The molecular weight excluding hydrogens is 490 g/mol. The van der Waals surface area contributed by atoms with Crippen LogP contribution < -0.4 is 14.4 Å². The highest BCUT2D eigenvalue weighted by atomic mass is 35.5. The molecule has 0 saturated heterocycles. The van der Waals surface area contributed by atoms with E-state index in [9.17, 15) is 18.0 Å². The zero-order chi connectivity index (χ0) is 26.2. The predicted molar refractivity (Wildman–Crippen MR) is 139 cm³/mol. The average Bonchev–Trinajstić information content (AvgIpc) is 2.81. The van der Waals surface area contributed by atoms with Gasteiger partial charge in [-0.2, -0.15) is 0 Å². The number of nitrogens with zero attached hydrogens (tertiary/aromatic N) is 2. The molecule has 2 amide bonds. The summed E-state index contributed by atoms with van der Waals surface area (Å²) in [7, 11) is -2.23. The Hall–Kier alpha value is -2.78. The molecule has 0 aliphatic heterocycles. The van der Waals surface area contributed by atoms with Crippen molar-refractivity contribution in [3.05, 3.63) is 59.1 Å². The van der Waals surface area contributed by atoms with Crippen molar-refractivity contribution in [2.24, 2.45) is 5.92 Å². The molecule has 0 saturated carbocycles. The van der Waals surface area contributed by atoms with E-state index < -0.39 is 28.5 Å². The third-order valence-electron chi connectivity index (χ3n) is 5.38. The fourth-order valence-corrected chi connectivity index (χ4v) is 4.47. The van der Waals surface area contributed by atoms with Crippen LogP contribution in [0.5, 0.6) is 5.75 Å². The summed E-state index contributed by atoms with van der Waals surface area (Å²) < 4.78 is 31.4. The van der Waals surface area contributed by atoms with Crippen LogP contribution in [-0.4, -0.2) is 57.6 Å². The Morgan fingerprint density at radius 3 is 2.14 bits per heavy atom. The van der Waals surface area contributed by atoms with Crippen molar-refractivity contribution >= 4 is 39.1 Å². The Kier molecular flexibility index (Phi) is 10.4. The first-order valence-electron chi connectivity index (χ1n) is 11.4. The fraction of sp³-hybridized carbons (Fsp3) is 0.440. The van der Waals surface area contributed by atoms with Crippen LogP contribution in [0.3, 0.4) is 0 Å². The number of carbonyl (C=O) groups excluding carboxylic acids is 2. The lowest BCUT2D eigenvalue weighted by molar-refractivity contribution is -0.140. The van der Waals surface area contributed by atoms with E-state index in [-0.39, 0.29) is 18.4 Å². The van der Waals surface area contributed by atoms with Gasteiger partial charge in [-0.3, -0.25) is 13.9 Å². The number of rotatable bonds is 12. The van der Waals surface area contributed by atoms with Crippen LogP contribution >= 0.6 is 11.6 Å². The largest absolute Gasteiger partial charge is 0.497 e. The van der Waals surface area contributed by atoms with Gasteiger partial charge in [0.25, 0.3) is 0 Å². The number of anilines is 1. The lowest BCUT2D eigenvalue weighted by Crippen LogP contribution is -2.52. The minimum atomic E-state index is -3.79. The monoisotopic (exact) mass is 523 g/mol. The molecular formula is C25H34ClN3O5S. The van der Waals surface area contributed by atoms with Crippen LogP contribution in [-0.2, 0) is 26.2 Å². The molecule has 0 unspecified atom stereocenters. The first kappa shape index (κ1) is 28.5. The maximum absolute atomic E-state index is 13.6. The van der Waals surface area contributed by atoms with Gasteiger partial charge >= 0.3 is 0 Å². The smallest absolute Gasteiger partial charge is 0.244 e. The van der Waals surface area contributed by atoms with Gasteiger partial charge in [0.2, 0.25) is 21.8 Å². The van der Waals surface area contributed by atoms with E-state index >= 15 is 0 Å². The Bertz CT molecular complexity index is 1090. The second kappa shape index (κ2) is 12.8. The van der Waals surface area contributed by atoms with Crippen LogP contribution in [0.25, 0.3) is 0 Å². The Labute approximate surface area is 213 Å². The molecule has 0 aliphatic carbocycles. The number of hydrogen-bond acceptors (Lipinski definition) is 5. The first-order valence-corrected chi connectivity index (χ1v) is 13.6. The lowest BCUT2D eigenvalue weighted by Gasteiger charge is -2.33. The minimum absolute atomic E-state index is 0.134. The Balaban J connectivity index is 2.40. The van der Waals surface area contributed by atoms with Gasteiger partial charge in [0.1, 0.15) is 18.3 Å². The normalized spacial score (nSPS) is 12.2. The van der Waals surface area contributed by atoms with Crippen LogP contribution in [0.4, 0.5) is 5.69 Å². The van der Waals surface area contributed by atoms with Crippen molar-refractivity contribution in [2.75, 3.05) is 30.8 Å². The van der Waals surface area contributed by atoms with E-state index in [0.29, 0.717) is 29.4 Å². The van der Waals surface area contributed by atoms with Gasteiger partial charge in [0, 0.05) is 18.1 Å². The summed E-state index contributed by atoms with van der Waals surface area (Å²) in [6.07, 6.45) is 1.40. The Morgan fingerprint density at radius 2 is 1.66 bits per heavy atom. The number of sulfonamides is 1. The van der Waals surface area contributed by atoms with Crippen molar-refractivity contribution in [1.29, 1.82) is 0 Å². The van der Waals surface area contributed by atoms with Crippen molar-refractivity contribution in [3.8, 4) is 5.75 Å². The molecule has 1 N–H and O–H groups in total. The molecule has 2 aromatic rings. The molecule has 0 heterocycles. The van der Waals surface area contributed by atoms with Crippen LogP contribution in [0.1, 0.15) is 32.8 Å². The summed E-state index contributed by atoms with van der Waals surface area (Å²) in [4.78, 5) is 28.1. The summed E-state index contributed by atoms with van der Waals surface area (Å²) in [6.45, 7) is 5.94. The van der Waals surface area contributed by atoms with Gasteiger partial charge in [0.15, 0.2) is 0 Å². The third-order valence-corrected chi connectivity index (χ3v) is 6.77. The maximum atomic E-state index is 13.6. The number of amides is 2. The van der Waals surface area contributed by atoms with Gasteiger partial charge in [0.05, 0.1) is 19.1 Å². The van der Waals surface area contributed by atoms with E-state index in [1.807, 2.05) is 32.9 Å².